The van der Waals surface area contributed by atoms with E-state index in [1.165, 1.54) is 4.68 Å². The zero-order valence-corrected chi connectivity index (χ0v) is 12.1. The number of aliphatic hydroxyl groups excluding tert-OH is 1. The number of rotatable bonds is 4. The van der Waals surface area contributed by atoms with E-state index in [1.54, 1.807) is 6.20 Å². The van der Waals surface area contributed by atoms with Gasteiger partial charge >= 0.3 is 0 Å². The molecule has 1 saturated carbocycles. The van der Waals surface area contributed by atoms with E-state index in [2.05, 4.69) is 10.4 Å². The van der Waals surface area contributed by atoms with Crippen LogP contribution < -0.4 is 10.9 Å². The highest BCUT2D eigenvalue weighted by Crippen LogP contribution is 2.33. The molecule has 0 aromatic carbocycles. The minimum absolute atomic E-state index is 0.0302. The molecule has 1 fully saturated rings. The number of hydrogen-bond donors (Lipinski definition) is 2. The highest BCUT2D eigenvalue weighted by molar-refractivity contribution is 6.32. The van der Waals surface area contributed by atoms with E-state index in [0.29, 0.717) is 5.69 Å². The standard InChI is InChI=1S/C13H20ClN3O2/c1-9(2)17-12(19)11(14)10(7-15-17)16-13(8-18)5-3-4-6-13/h7,9,16,18H,3-6,8H2,1-2H3. The quantitative estimate of drug-likeness (QED) is 0.890. The van der Waals surface area contributed by atoms with Crippen molar-refractivity contribution in [3.63, 3.8) is 0 Å². The first-order chi connectivity index (χ1) is 8.99. The van der Waals surface area contributed by atoms with Crippen molar-refractivity contribution in [1.29, 1.82) is 0 Å². The first-order valence-electron chi connectivity index (χ1n) is 6.65. The number of hydrogen-bond acceptors (Lipinski definition) is 4. The van der Waals surface area contributed by atoms with Crippen molar-refractivity contribution in [2.24, 2.45) is 0 Å². The fraction of sp³-hybridized carbons (Fsp3) is 0.692. The first-order valence-corrected chi connectivity index (χ1v) is 7.03. The molecule has 1 aromatic rings. The smallest absolute Gasteiger partial charge is 0.287 e. The van der Waals surface area contributed by atoms with E-state index in [9.17, 15) is 9.90 Å². The van der Waals surface area contributed by atoms with E-state index < -0.39 is 0 Å². The van der Waals surface area contributed by atoms with Crippen LogP contribution in [0.1, 0.15) is 45.6 Å². The third-order valence-electron chi connectivity index (χ3n) is 3.70. The number of nitrogens with one attached hydrogen (secondary N) is 1. The molecule has 5 nitrogen and oxygen atoms in total. The molecule has 0 radical (unpaired) electrons. The summed E-state index contributed by atoms with van der Waals surface area (Å²) in [5.74, 6) is 0. The Labute approximate surface area is 117 Å². The van der Waals surface area contributed by atoms with Gasteiger partial charge in [-0.1, -0.05) is 24.4 Å². The van der Waals surface area contributed by atoms with Gasteiger partial charge in [0, 0.05) is 0 Å². The van der Waals surface area contributed by atoms with Crippen LogP contribution in [0.25, 0.3) is 0 Å². The maximum Gasteiger partial charge on any atom is 0.287 e. The second-order valence-corrected chi connectivity index (χ2v) is 5.86. The lowest BCUT2D eigenvalue weighted by Gasteiger charge is -2.29. The molecule has 2 N–H and O–H groups in total. The topological polar surface area (TPSA) is 67.2 Å². The lowest BCUT2D eigenvalue weighted by molar-refractivity contribution is 0.214. The van der Waals surface area contributed by atoms with E-state index in [1.807, 2.05) is 13.8 Å². The van der Waals surface area contributed by atoms with Gasteiger partial charge in [-0.3, -0.25) is 4.79 Å². The van der Waals surface area contributed by atoms with Crippen molar-refractivity contribution in [3.8, 4) is 0 Å². The predicted octanol–water partition coefficient (Wildman–Crippen LogP) is 2.19. The Balaban J connectivity index is 2.31. The summed E-state index contributed by atoms with van der Waals surface area (Å²) in [6, 6.07) is -0.0302. The van der Waals surface area contributed by atoms with E-state index >= 15 is 0 Å². The molecule has 2 rings (SSSR count). The Hall–Kier alpha value is -1.07. The van der Waals surface area contributed by atoms with Gasteiger partial charge in [0.25, 0.3) is 5.56 Å². The Morgan fingerprint density at radius 3 is 2.68 bits per heavy atom. The van der Waals surface area contributed by atoms with Crippen molar-refractivity contribution in [2.45, 2.75) is 51.1 Å². The normalized spacial score (nSPS) is 17.9. The fourth-order valence-corrected chi connectivity index (χ4v) is 2.74. The molecule has 0 saturated heterocycles. The summed E-state index contributed by atoms with van der Waals surface area (Å²) in [7, 11) is 0. The third kappa shape index (κ3) is 2.77. The fourth-order valence-electron chi connectivity index (χ4n) is 2.56. The van der Waals surface area contributed by atoms with Gasteiger partial charge in [-0.15, -0.1) is 0 Å². The second-order valence-electron chi connectivity index (χ2n) is 5.49. The van der Waals surface area contributed by atoms with Crippen molar-refractivity contribution in [3.05, 3.63) is 21.6 Å². The lowest BCUT2D eigenvalue weighted by Crippen LogP contribution is -2.40. The Bertz CT molecular complexity index is 507. The van der Waals surface area contributed by atoms with Gasteiger partial charge in [-0.25, -0.2) is 4.68 Å². The van der Waals surface area contributed by atoms with Gasteiger partial charge in [-0.2, -0.15) is 5.10 Å². The molecule has 1 aliphatic rings. The largest absolute Gasteiger partial charge is 0.394 e. The molecule has 0 atom stereocenters. The average molecular weight is 286 g/mol. The Kier molecular flexibility index (Phi) is 4.16. The van der Waals surface area contributed by atoms with Gasteiger partial charge in [0.15, 0.2) is 0 Å². The molecule has 6 heteroatoms. The summed E-state index contributed by atoms with van der Waals surface area (Å²) in [5.41, 5.74) is -0.144. The van der Waals surface area contributed by atoms with Crippen LogP contribution in [-0.2, 0) is 0 Å². The van der Waals surface area contributed by atoms with Crippen LogP contribution in [0.5, 0.6) is 0 Å². The van der Waals surface area contributed by atoms with Crippen LogP contribution in [0.4, 0.5) is 5.69 Å². The van der Waals surface area contributed by atoms with Gasteiger partial charge < -0.3 is 10.4 Å². The van der Waals surface area contributed by atoms with Crippen molar-refractivity contribution in [1.82, 2.24) is 9.78 Å². The molecule has 0 unspecified atom stereocenters. The summed E-state index contributed by atoms with van der Waals surface area (Å²) >= 11 is 6.12. The lowest BCUT2D eigenvalue weighted by atomic mass is 9.99. The average Bonchev–Trinajstić information content (AvgIpc) is 2.84. The molecular formula is C13H20ClN3O2. The van der Waals surface area contributed by atoms with Crippen molar-refractivity contribution in [2.75, 3.05) is 11.9 Å². The minimum Gasteiger partial charge on any atom is -0.394 e. The van der Waals surface area contributed by atoms with Gasteiger partial charge in [0.2, 0.25) is 0 Å². The zero-order chi connectivity index (χ0) is 14.0. The number of nitrogens with zero attached hydrogens (tertiary/aromatic N) is 2. The summed E-state index contributed by atoms with van der Waals surface area (Å²) in [6.45, 7) is 3.80. The van der Waals surface area contributed by atoms with Crippen molar-refractivity contribution < 1.29 is 5.11 Å². The molecule has 1 aliphatic carbocycles. The van der Waals surface area contributed by atoms with Gasteiger partial charge in [0.05, 0.1) is 30.1 Å². The van der Waals surface area contributed by atoms with Gasteiger partial charge in [0.1, 0.15) is 5.02 Å². The maximum atomic E-state index is 12.1. The summed E-state index contributed by atoms with van der Waals surface area (Å²) in [5, 5.41) is 17.1. The SMILES string of the molecule is CC(C)n1ncc(NC2(CO)CCCC2)c(Cl)c1=O. The molecule has 106 valence electrons. The maximum absolute atomic E-state index is 12.1. The predicted molar refractivity (Wildman–Crippen MR) is 75.8 cm³/mol. The monoisotopic (exact) mass is 285 g/mol. The molecule has 0 spiro atoms. The number of aromatic nitrogens is 2. The van der Waals surface area contributed by atoms with Crippen LogP contribution >= 0.6 is 11.6 Å². The Morgan fingerprint density at radius 1 is 1.53 bits per heavy atom. The van der Waals surface area contributed by atoms with Gasteiger partial charge in [-0.05, 0) is 26.7 Å². The third-order valence-corrected chi connectivity index (χ3v) is 4.06. The minimum atomic E-state index is -0.359. The van der Waals surface area contributed by atoms with E-state index in [0.717, 1.165) is 25.7 Å². The van der Waals surface area contributed by atoms with Crippen LogP contribution in [-0.4, -0.2) is 27.0 Å². The second kappa shape index (κ2) is 5.51. The van der Waals surface area contributed by atoms with Crippen LogP contribution in [0.2, 0.25) is 5.02 Å². The zero-order valence-electron chi connectivity index (χ0n) is 11.3. The molecular weight excluding hydrogens is 266 g/mol. The highest BCUT2D eigenvalue weighted by atomic mass is 35.5. The van der Waals surface area contributed by atoms with E-state index in [4.69, 9.17) is 11.6 Å². The summed E-state index contributed by atoms with van der Waals surface area (Å²) in [4.78, 5) is 12.1. The highest BCUT2D eigenvalue weighted by Gasteiger charge is 2.33. The van der Waals surface area contributed by atoms with Crippen LogP contribution in [0, 0.1) is 0 Å². The first kappa shape index (κ1) is 14.3. The molecule has 19 heavy (non-hydrogen) atoms. The molecule has 1 heterocycles. The number of halogens is 1. The molecule has 0 amide bonds. The summed E-state index contributed by atoms with van der Waals surface area (Å²) < 4.78 is 1.35. The molecule has 0 bridgehead atoms. The number of aliphatic hydroxyl groups is 1. The number of anilines is 1. The van der Waals surface area contributed by atoms with E-state index in [-0.39, 0.29) is 28.8 Å². The molecule has 0 aliphatic heterocycles. The van der Waals surface area contributed by atoms with Crippen molar-refractivity contribution >= 4 is 17.3 Å². The molecule has 1 aromatic heterocycles. The Morgan fingerprint density at radius 2 is 2.16 bits per heavy atom. The van der Waals surface area contributed by atoms with Crippen LogP contribution in [0.3, 0.4) is 0 Å². The van der Waals surface area contributed by atoms with Crippen LogP contribution in [0.15, 0.2) is 11.0 Å². The summed E-state index contributed by atoms with van der Waals surface area (Å²) in [6.07, 6.45) is 5.48.